The number of halogens is 1. The number of rotatable bonds is 40. The minimum absolute atomic E-state index is 0. The number of unbranched alkanes of at least 4 members (excludes halogenated alkanes) is 31. The number of nitrogens with zero attached hydrogens (tertiary/aromatic N) is 2. The highest BCUT2D eigenvalue weighted by Crippen LogP contribution is 2.15. The van der Waals surface area contributed by atoms with Crippen molar-refractivity contribution in [3.05, 3.63) is 5.73 Å². The molecule has 0 rings (SSSR count). The number of nitrogens with one attached hydrogen (secondary N) is 1. The predicted molar refractivity (Wildman–Crippen MR) is 247 cm³/mol. The van der Waals surface area contributed by atoms with Crippen molar-refractivity contribution in [3.8, 4) is 0 Å². The van der Waals surface area contributed by atoms with E-state index in [1.54, 1.807) is 0 Å². The van der Waals surface area contributed by atoms with Gasteiger partial charge in [0.1, 0.15) is 0 Å². The number of hydrogen-bond donors (Lipinski definition) is 0. The summed E-state index contributed by atoms with van der Waals surface area (Å²) in [5.41, 5.74) is 7.06. The average Bonchev–Trinajstić information content (AvgIpc) is 3.12. The van der Waals surface area contributed by atoms with Gasteiger partial charge in [-0.3, -0.25) is 0 Å². The van der Waals surface area contributed by atoms with Crippen LogP contribution < -0.4 is 12.4 Å². The fraction of sp³-hybridized carbons (Fsp3) is 1.00. The Kier molecular flexibility index (Phi) is 57.7. The highest BCUT2D eigenvalue weighted by Gasteiger charge is 2.13. The summed E-state index contributed by atoms with van der Waals surface area (Å²) in [4.78, 5) is 0. The number of hydrogen-bond acceptors (Lipinski definition) is 0. The van der Waals surface area contributed by atoms with Crippen molar-refractivity contribution in [1.82, 2.24) is 0 Å². The highest BCUT2D eigenvalue weighted by molar-refractivity contribution is 4.53. The van der Waals surface area contributed by atoms with Crippen LogP contribution in [0.25, 0.3) is 5.73 Å². The molecule has 0 aromatic rings. The average molecular weight is 789 g/mol. The second-order valence-corrected chi connectivity index (χ2v) is 18.5. The van der Waals surface area contributed by atoms with E-state index >= 15 is 0 Å². The third-order valence-electron chi connectivity index (χ3n) is 11.4. The van der Waals surface area contributed by atoms with Gasteiger partial charge in [0.05, 0.1) is 54.4 Å². The van der Waals surface area contributed by atoms with Crippen LogP contribution in [0.3, 0.4) is 0 Å². The van der Waals surface area contributed by atoms with Crippen molar-refractivity contribution in [1.29, 1.82) is 0 Å². The molecule has 0 atom stereocenters. The molecular formula is C50H110ClN3. The minimum atomic E-state index is 0. The normalized spacial score (nSPS) is 11.4. The van der Waals surface area contributed by atoms with Gasteiger partial charge in [-0.15, -0.1) is 0 Å². The van der Waals surface area contributed by atoms with Crippen LogP contribution in [0.5, 0.6) is 0 Å². The SMILES string of the molecule is CCCCCCCCCCCCCCCC[NH-].CCCCCCCCCCCC[N+](C)(C)CCC.CCCCCCCCCCCC[N+](C)(C)CCC.[Cl-]. The molecular weight excluding hydrogens is 678 g/mol. The zero-order chi connectivity index (χ0) is 40.0. The van der Waals surface area contributed by atoms with Crippen molar-refractivity contribution in [3.63, 3.8) is 0 Å². The largest absolute Gasteiger partial charge is 1.00 e. The maximum Gasteiger partial charge on any atom is 0.0782 e. The summed E-state index contributed by atoms with van der Waals surface area (Å²) < 4.78 is 2.43. The van der Waals surface area contributed by atoms with Gasteiger partial charge in [-0.1, -0.05) is 227 Å². The van der Waals surface area contributed by atoms with Crippen LogP contribution in [0.15, 0.2) is 0 Å². The van der Waals surface area contributed by atoms with Gasteiger partial charge in [-0.05, 0) is 38.5 Å². The lowest BCUT2D eigenvalue weighted by molar-refractivity contribution is -0.890. The van der Waals surface area contributed by atoms with Crippen molar-refractivity contribution < 1.29 is 21.4 Å². The minimum Gasteiger partial charge on any atom is -1.00 e. The molecule has 0 heterocycles. The molecule has 0 unspecified atom stereocenters. The Morgan fingerprint density at radius 2 is 0.426 bits per heavy atom. The van der Waals surface area contributed by atoms with Crippen LogP contribution in [-0.4, -0.2) is 69.9 Å². The Bertz CT molecular complexity index is 571. The Morgan fingerprint density at radius 1 is 0.241 bits per heavy atom. The lowest BCUT2D eigenvalue weighted by Crippen LogP contribution is -3.00. The van der Waals surface area contributed by atoms with E-state index in [4.69, 9.17) is 5.73 Å². The molecule has 0 fully saturated rings. The molecule has 4 heteroatoms. The van der Waals surface area contributed by atoms with Crippen molar-refractivity contribution in [2.75, 3.05) is 60.9 Å². The monoisotopic (exact) mass is 788 g/mol. The van der Waals surface area contributed by atoms with E-state index in [1.807, 2.05) is 0 Å². The van der Waals surface area contributed by atoms with E-state index in [9.17, 15) is 0 Å². The van der Waals surface area contributed by atoms with Gasteiger partial charge in [-0.2, -0.15) is 6.54 Å². The van der Waals surface area contributed by atoms with Crippen LogP contribution in [0.1, 0.15) is 266 Å². The molecule has 1 N–H and O–H groups in total. The first-order valence-corrected chi connectivity index (χ1v) is 24.9. The van der Waals surface area contributed by atoms with E-state index < -0.39 is 0 Å². The Hall–Kier alpha value is 0.170. The molecule has 0 aliphatic rings. The summed E-state index contributed by atoms with van der Waals surface area (Å²) in [6, 6.07) is 0. The molecule has 0 saturated carbocycles. The molecule has 0 radical (unpaired) electrons. The van der Waals surface area contributed by atoms with Crippen LogP contribution in [-0.2, 0) is 0 Å². The maximum atomic E-state index is 7.06. The maximum absolute atomic E-state index is 7.06. The van der Waals surface area contributed by atoms with E-state index in [0.717, 1.165) is 6.42 Å². The second kappa shape index (κ2) is 51.2. The van der Waals surface area contributed by atoms with Crippen molar-refractivity contribution in [2.24, 2.45) is 0 Å². The van der Waals surface area contributed by atoms with Crippen LogP contribution in [0, 0.1) is 0 Å². The highest BCUT2D eigenvalue weighted by atomic mass is 35.5. The Morgan fingerprint density at radius 3 is 0.611 bits per heavy atom. The molecule has 3 nitrogen and oxygen atoms in total. The standard InChI is InChI=1S/2C17H38N.C16H34N.ClH/c2*1-5-7-8-9-10-11-12-13-14-15-17-18(3,4)16-6-2;1-2-3-4-5-6-7-8-9-10-11-12-13-14-15-16-17;/h2*5-17H2,1-4H3;17H,2-16H2,1H3;1H/q2*+1;-1;/p-1. The second-order valence-electron chi connectivity index (χ2n) is 18.5. The predicted octanol–water partition coefficient (Wildman–Crippen LogP) is 14.3. The fourth-order valence-corrected chi connectivity index (χ4v) is 7.81. The zero-order valence-electron chi connectivity index (χ0n) is 39.8. The van der Waals surface area contributed by atoms with Crippen molar-refractivity contribution >= 4 is 0 Å². The zero-order valence-corrected chi connectivity index (χ0v) is 40.5. The molecule has 0 aliphatic heterocycles. The van der Waals surface area contributed by atoms with Crippen LogP contribution in [0.4, 0.5) is 0 Å². The van der Waals surface area contributed by atoms with Gasteiger partial charge < -0.3 is 27.1 Å². The van der Waals surface area contributed by atoms with Crippen LogP contribution in [0.2, 0.25) is 0 Å². The first-order chi connectivity index (χ1) is 25.7. The van der Waals surface area contributed by atoms with E-state index in [-0.39, 0.29) is 12.4 Å². The molecule has 0 aromatic heterocycles. The summed E-state index contributed by atoms with van der Waals surface area (Å²) in [5.74, 6) is 0. The molecule has 0 aromatic carbocycles. The quantitative estimate of drug-likeness (QED) is 0.0436. The smallest absolute Gasteiger partial charge is 0.0782 e. The molecule has 0 aliphatic carbocycles. The third-order valence-corrected chi connectivity index (χ3v) is 11.4. The first-order valence-electron chi connectivity index (χ1n) is 24.9. The molecule has 0 saturated heterocycles. The van der Waals surface area contributed by atoms with Gasteiger partial charge >= 0.3 is 0 Å². The topological polar surface area (TPSA) is 23.8 Å². The Balaban J connectivity index is -0.000000344. The Labute approximate surface area is 352 Å². The van der Waals surface area contributed by atoms with Gasteiger partial charge in [0.25, 0.3) is 0 Å². The van der Waals surface area contributed by atoms with Crippen LogP contribution >= 0.6 is 0 Å². The van der Waals surface area contributed by atoms with E-state index in [0.29, 0.717) is 6.54 Å². The molecule has 54 heavy (non-hydrogen) atoms. The summed E-state index contributed by atoms with van der Waals surface area (Å²) in [5, 5.41) is 0. The summed E-state index contributed by atoms with van der Waals surface area (Å²) in [7, 11) is 9.49. The van der Waals surface area contributed by atoms with Gasteiger partial charge in [0, 0.05) is 0 Å². The lowest BCUT2D eigenvalue weighted by Gasteiger charge is -2.29. The summed E-state index contributed by atoms with van der Waals surface area (Å²) in [6.45, 7) is 17.5. The van der Waals surface area contributed by atoms with E-state index in [2.05, 4.69) is 62.8 Å². The molecule has 0 amide bonds. The van der Waals surface area contributed by atoms with Crippen molar-refractivity contribution in [2.45, 2.75) is 266 Å². The summed E-state index contributed by atoms with van der Waals surface area (Å²) >= 11 is 0. The first kappa shape index (κ1) is 60.8. The summed E-state index contributed by atoms with van der Waals surface area (Å²) in [6.07, 6.45) is 51.1. The lowest BCUT2D eigenvalue weighted by atomic mass is 10.0. The molecule has 332 valence electrons. The molecule has 0 spiro atoms. The van der Waals surface area contributed by atoms with Gasteiger partial charge in [0.2, 0.25) is 0 Å². The number of quaternary nitrogens is 2. The fourth-order valence-electron chi connectivity index (χ4n) is 7.81. The van der Waals surface area contributed by atoms with E-state index in [1.165, 1.54) is 260 Å². The third kappa shape index (κ3) is 58.9. The van der Waals surface area contributed by atoms with Gasteiger partial charge in [0.15, 0.2) is 0 Å². The van der Waals surface area contributed by atoms with Gasteiger partial charge in [-0.25, -0.2) is 0 Å². The molecule has 0 bridgehead atoms.